The van der Waals surface area contributed by atoms with E-state index in [1.807, 2.05) is 0 Å². The van der Waals surface area contributed by atoms with Crippen molar-refractivity contribution >= 4 is 16.0 Å². The third-order valence-electron chi connectivity index (χ3n) is 7.80. The van der Waals surface area contributed by atoms with Gasteiger partial charge >= 0.3 is 160 Å². The van der Waals surface area contributed by atoms with Crippen molar-refractivity contribution in [1.82, 2.24) is 10.2 Å². The maximum Gasteiger partial charge on any atom is 1.00 e. The minimum absolute atomic E-state index is 0. The van der Waals surface area contributed by atoms with Crippen LogP contribution in [0.2, 0.25) is 0 Å². The quantitative estimate of drug-likeness (QED) is 0.0467. The molecule has 0 bridgehead atoms. The first-order chi connectivity index (χ1) is 31.6. The number of carbonyl (C=O) groups excluding carboxylic acids is 1. The Labute approximate surface area is 427 Å². The molecule has 11 nitrogen and oxygen atoms in total. The van der Waals surface area contributed by atoms with Crippen molar-refractivity contribution in [1.29, 1.82) is 0 Å². The summed E-state index contributed by atoms with van der Waals surface area (Å²) in [5, 5.41) is 0.408. The molecule has 0 saturated heterocycles. The molecule has 0 saturated carbocycles. The summed E-state index contributed by atoms with van der Waals surface area (Å²) in [6.07, 6.45) is -101. The Hall–Kier alpha value is -1.81. The smallest absolute Gasteiger partial charge is 0.748 e. The summed E-state index contributed by atoms with van der Waals surface area (Å²) in [4.78, 5) is 12.4. The molecule has 0 aromatic heterocycles. The molecule has 0 radical (unpaired) electrons. The van der Waals surface area contributed by atoms with E-state index in [1.54, 1.807) is 0 Å². The molecule has 0 aliphatic rings. The Morgan fingerprint density at radius 3 is 0.880 bits per heavy atom. The topological polar surface area (TPSA) is 136 Å². The van der Waals surface area contributed by atoms with Gasteiger partial charge in [0, 0.05) is 13.1 Å². The van der Waals surface area contributed by atoms with Crippen LogP contribution in [0.5, 0.6) is 0 Å². The van der Waals surface area contributed by atoms with Crippen molar-refractivity contribution in [2.75, 3.05) is 32.4 Å². The fraction of sp³-hybridized carbons (Fsp3) is 0.960. The second kappa shape index (κ2) is 21.9. The van der Waals surface area contributed by atoms with Gasteiger partial charge in [0.1, 0.15) is 0 Å². The first-order valence-corrected chi connectivity index (χ1v) is 18.0. The van der Waals surface area contributed by atoms with Crippen molar-refractivity contribution in [2.45, 2.75) is 115 Å². The molecule has 5 unspecified atom stereocenters. The Kier molecular flexibility index (Phi) is 22.0. The molecule has 1 N–H and O–H groups in total. The summed E-state index contributed by atoms with van der Waals surface area (Å²) in [7, 11) is -4.21. The number of hydrogen-bond acceptors (Lipinski definition) is 10. The molecule has 444 valence electrons. The van der Waals surface area contributed by atoms with Gasteiger partial charge in [-0.25, -0.2) is 8.42 Å². The van der Waals surface area contributed by atoms with E-state index in [-0.39, 0.29) is 51.4 Å². The summed E-state index contributed by atoms with van der Waals surface area (Å²) in [5.74, 6) is -68.7. The predicted octanol–water partition coefficient (Wildman–Crippen LogP) is 6.99. The van der Waals surface area contributed by atoms with Crippen molar-refractivity contribution in [3.05, 3.63) is 0 Å². The van der Waals surface area contributed by atoms with Gasteiger partial charge in [-0.05, 0) is 20.0 Å². The molecule has 1 amide bonds. The summed E-state index contributed by atoms with van der Waals surface area (Å²) >= 11 is 0. The molecular weight excluding hydrogens is 1250 g/mol. The standard InChI is InChI=1S/C25H15F37N2O9S.K/c1-64(5-6-74(66,67)68)4-2-3-63-7(65)8(26,27)10(30,16(38,39)40)69-22(55,56)12(32,18(44,45)46)71-24(59,60)14(34,20(50,51)52)73-25(61,62)13(33,19(47,48)49)72-23(57,58)11(31,17(41,42)43)70-21(53,54)9(28,29)15(35,36)37;/h2-6H2,1H3,(H,63,65)(H,66,67,68);/q;+1/p-1. The van der Waals surface area contributed by atoms with Crippen molar-refractivity contribution in [3.8, 4) is 0 Å². The molecule has 0 aromatic carbocycles. The van der Waals surface area contributed by atoms with Crippen LogP contribution >= 0.6 is 0 Å². The van der Waals surface area contributed by atoms with Gasteiger partial charge in [-0.1, -0.05) is 0 Å². The van der Waals surface area contributed by atoms with Gasteiger partial charge in [-0.2, -0.15) is 162 Å². The largest absolute Gasteiger partial charge is 1.00 e. The molecule has 0 aliphatic heterocycles. The van der Waals surface area contributed by atoms with Crippen LogP contribution in [0.3, 0.4) is 0 Å². The molecule has 0 fully saturated rings. The van der Waals surface area contributed by atoms with E-state index < -0.39 is 157 Å². The van der Waals surface area contributed by atoms with Gasteiger partial charge in [0.05, 0.1) is 15.9 Å². The fourth-order valence-electron chi connectivity index (χ4n) is 3.99. The van der Waals surface area contributed by atoms with Crippen LogP contribution in [0.25, 0.3) is 0 Å². The summed E-state index contributed by atoms with van der Waals surface area (Å²) < 4.78 is 545. The van der Waals surface area contributed by atoms with E-state index in [9.17, 15) is 180 Å². The van der Waals surface area contributed by atoms with Gasteiger partial charge in [-0.15, -0.1) is 0 Å². The van der Waals surface area contributed by atoms with Crippen LogP contribution in [0.1, 0.15) is 6.42 Å². The van der Waals surface area contributed by atoms with Crippen LogP contribution in [0, 0.1) is 0 Å². The van der Waals surface area contributed by atoms with E-state index in [0.29, 0.717) is 19.7 Å². The predicted molar refractivity (Wildman–Crippen MR) is 145 cm³/mol. The SMILES string of the molecule is CN(CCCNC(=O)C(F)(F)C(F)(OC(F)(F)C(F)(OC(F)(F)C(F)(OC(F)(F)C(F)(OC(F)(F)C(F)(OC(F)(F)C(F)(F)C(F)(F)F)C(F)(F)F)C(F)(F)F)C(F)(F)F)C(F)(F)F)C(F)(F)F)CCS(=O)(=O)[O-].[K+]. The van der Waals surface area contributed by atoms with E-state index in [2.05, 4.69) is 0 Å². The van der Waals surface area contributed by atoms with Gasteiger partial charge < -0.3 is 14.8 Å². The first-order valence-electron chi connectivity index (χ1n) is 16.5. The van der Waals surface area contributed by atoms with E-state index >= 15 is 0 Å². The normalized spacial score (nSPS) is 19.3. The van der Waals surface area contributed by atoms with Crippen molar-refractivity contribution in [3.63, 3.8) is 0 Å². The van der Waals surface area contributed by atoms with Crippen molar-refractivity contribution in [2.24, 2.45) is 0 Å². The number of ether oxygens (including phenoxy) is 5. The zero-order valence-corrected chi connectivity index (χ0v) is 38.0. The summed E-state index contributed by atoms with van der Waals surface area (Å²) in [5.41, 5.74) is 0. The Morgan fingerprint density at radius 1 is 0.413 bits per heavy atom. The van der Waals surface area contributed by atoms with Crippen molar-refractivity contribution < 1.29 is 255 Å². The molecule has 0 aliphatic carbocycles. The fourth-order valence-corrected chi connectivity index (χ4v) is 4.53. The van der Waals surface area contributed by atoms with Gasteiger partial charge in [0.15, 0.2) is 0 Å². The third-order valence-corrected chi connectivity index (χ3v) is 8.48. The number of halogens is 37. The second-order valence-corrected chi connectivity index (χ2v) is 14.9. The monoisotopic (exact) mass is 1260 g/mol. The molecular formula is C25H14F37KN2O9S. The second-order valence-electron chi connectivity index (χ2n) is 13.4. The minimum atomic E-state index is -9.75. The molecule has 50 heteroatoms. The first kappa shape index (κ1) is 75.3. The Morgan fingerprint density at radius 2 is 0.653 bits per heavy atom. The number of amides is 1. The number of nitrogens with one attached hydrogen (secondary N) is 1. The maximum atomic E-state index is 14.9. The molecule has 0 heterocycles. The van der Waals surface area contributed by atoms with E-state index in [4.69, 9.17) is 0 Å². The molecule has 5 atom stereocenters. The number of nitrogens with zero attached hydrogens (tertiary/aromatic N) is 1. The molecule has 0 spiro atoms. The molecule has 75 heavy (non-hydrogen) atoms. The van der Waals surface area contributed by atoms with Gasteiger partial charge in [0.25, 0.3) is 5.91 Å². The van der Waals surface area contributed by atoms with E-state index in [1.165, 1.54) is 4.74 Å². The van der Waals surface area contributed by atoms with Gasteiger partial charge in [0.2, 0.25) is 0 Å². The molecule has 0 rings (SSSR count). The Balaban J connectivity index is 0. The number of alkyl halides is 37. The van der Waals surface area contributed by atoms with Crippen LogP contribution in [-0.2, 0) is 38.6 Å². The molecule has 0 aromatic rings. The number of rotatable bonds is 24. The van der Waals surface area contributed by atoms with Crippen LogP contribution in [0.4, 0.5) is 162 Å². The van der Waals surface area contributed by atoms with Crippen LogP contribution < -0.4 is 56.7 Å². The zero-order chi connectivity index (χ0) is 60.4. The van der Waals surface area contributed by atoms with E-state index in [0.717, 1.165) is 16.5 Å². The number of carbonyl (C=O) groups is 1. The number of hydrogen-bond donors (Lipinski definition) is 1. The van der Waals surface area contributed by atoms with Crippen LogP contribution in [0.15, 0.2) is 0 Å². The average Bonchev–Trinajstić information content (AvgIpc) is 3.11. The van der Waals surface area contributed by atoms with Gasteiger partial charge in [-0.3, -0.25) is 28.5 Å². The average molecular weight is 1260 g/mol. The zero-order valence-electron chi connectivity index (χ0n) is 34.0. The summed E-state index contributed by atoms with van der Waals surface area (Å²) in [6.45, 7) is -3.32. The maximum absolute atomic E-state index is 14.9. The van der Waals surface area contributed by atoms with Crippen LogP contribution in [-0.4, -0.2) is 165 Å². The summed E-state index contributed by atoms with van der Waals surface area (Å²) in [6, 6.07) is 0. The Bertz CT molecular complexity index is 2060. The minimum Gasteiger partial charge on any atom is -0.748 e. The third kappa shape index (κ3) is 14.8.